The number of carbonyl (C=O) groups is 6. The van der Waals surface area contributed by atoms with Crippen molar-refractivity contribution in [2.24, 2.45) is 35.9 Å². The van der Waals surface area contributed by atoms with Gasteiger partial charge in [-0.3, -0.25) is 19.2 Å². The highest BCUT2D eigenvalue weighted by Crippen LogP contribution is 2.39. The summed E-state index contributed by atoms with van der Waals surface area (Å²) in [5.74, 6) is -6.53. The number of anilines is 2. The first-order valence-corrected chi connectivity index (χ1v) is 31.7. The average molecular weight is 1320 g/mol. The number of aryl methyl sites for hydroxylation is 6. The van der Waals surface area contributed by atoms with Crippen LogP contribution in [0, 0.1) is 0 Å². The van der Waals surface area contributed by atoms with Crippen molar-refractivity contribution in [2.75, 3.05) is 24.6 Å². The number of fused-ring (bicyclic) bond motifs is 2. The van der Waals surface area contributed by atoms with Crippen molar-refractivity contribution in [2.45, 2.75) is 127 Å². The number of ether oxygens (including phenoxy) is 2. The summed E-state index contributed by atoms with van der Waals surface area (Å²) in [5, 5.41) is 36.9. The van der Waals surface area contributed by atoms with Crippen molar-refractivity contribution in [3.05, 3.63) is 94.5 Å². The van der Waals surface area contributed by atoms with Crippen LogP contribution in [0.4, 0.5) is 10.3 Å². The van der Waals surface area contributed by atoms with Gasteiger partial charge in [0.25, 0.3) is 35.8 Å². The molecule has 0 bridgehead atoms. The Morgan fingerprint density at radius 3 is 1.43 bits per heavy atom. The number of rotatable bonds is 26. The molecule has 4 amide bonds. The van der Waals surface area contributed by atoms with Gasteiger partial charge < -0.3 is 62.9 Å². The number of carbonyl (C=O) groups excluding carboxylic acids is 4. The van der Waals surface area contributed by atoms with E-state index in [0.29, 0.717) is 47.6 Å². The lowest BCUT2D eigenvalue weighted by atomic mass is 9.84. The Kier molecular flexibility index (Phi) is 18.5. The van der Waals surface area contributed by atoms with Gasteiger partial charge in [0.2, 0.25) is 12.4 Å². The second kappa shape index (κ2) is 26.0. The molecule has 32 nitrogen and oxygen atoms in total. The van der Waals surface area contributed by atoms with Gasteiger partial charge in [-0.2, -0.15) is 27.9 Å². The quantitative estimate of drug-likeness (QED) is 0.0156. The second-order valence-corrected chi connectivity index (χ2v) is 25.8. The SMILES string of the molecule is C[n+]1cc(-c2ccc3c(c2)CC[C@H]([C@@H](O/N=C(\C(=O)N[C@@H]2C(=O)N(OS(=O)(=O)ON4C(=O)[C@@H](NC(=O)/C(=N\O[C@@H](C(=O)O)[C@H]5CCc6cc(-c7cn(CCCN)[n+](C)c7)ccc6O5)c5csc(N)n5)C4(C)C)C2(C)C)c2csc(N)n2)C(=O)O)O3)cn1CCCN. The van der Waals surface area contributed by atoms with E-state index in [1.807, 2.05) is 81.9 Å². The number of nitrogens with zero attached hydrogens (tertiary/aromatic N) is 10. The molecule has 0 spiro atoms. The Morgan fingerprint density at radius 1 is 0.692 bits per heavy atom. The van der Waals surface area contributed by atoms with E-state index in [4.69, 9.17) is 50.7 Å². The van der Waals surface area contributed by atoms with Gasteiger partial charge in [-0.15, -0.1) is 40.6 Å². The lowest BCUT2D eigenvalue weighted by molar-refractivity contribution is -0.753. The van der Waals surface area contributed by atoms with Gasteiger partial charge in [0.15, 0.2) is 35.8 Å². The first kappa shape index (κ1) is 64.8. The smallest absolute Gasteiger partial charge is 0.442 e. The van der Waals surface area contributed by atoms with Crippen LogP contribution < -0.4 is 52.4 Å². The van der Waals surface area contributed by atoms with Crippen LogP contribution in [0.5, 0.6) is 11.5 Å². The van der Waals surface area contributed by atoms with E-state index in [-0.39, 0.29) is 34.5 Å². The zero-order chi connectivity index (χ0) is 65.4. The van der Waals surface area contributed by atoms with Gasteiger partial charge in [-0.25, -0.2) is 19.6 Å². The summed E-state index contributed by atoms with van der Waals surface area (Å²) < 4.78 is 57.5. The molecular weight excluding hydrogens is 1250 g/mol. The number of benzene rings is 2. The molecule has 0 saturated carbocycles. The highest BCUT2D eigenvalue weighted by atomic mass is 32.3. The van der Waals surface area contributed by atoms with Crippen LogP contribution >= 0.6 is 22.7 Å². The molecule has 0 unspecified atom stereocenters. The van der Waals surface area contributed by atoms with Crippen LogP contribution in [0.15, 0.2) is 82.3 Å². The topological polar surface area (TPSA) is 435 Å². The number of β-lactam (4-membered cyclic amide) rings is 2. The first-order chi connectivity index (χ1) is 43.2. The molecule has 2 fully saturated rings. The Morgan fingerprint density at radius 2 is 1.09 bits per heavy atom. The van der Waals surface area contributed by atoms with Gasteiger partial charge in [-0.1, -0.05) is 22.4 Å². The summed E-state index contributed by atoms with van der Waals surface area (Å²) in [6, 6.07) is 8.06. The van der Waals surface area contributed by atoms with Gasteiger partial charge in [0, 0.05) is 10.8 Å². The number of carboxylic acids is 2. The summed E-state index contributed by atoms with van der Waals surface area (Å²) in [4.78, 5) is 100. The third kappa shape index (κ3) is 13.5. The number of nitrogens with one attached hydrogen (secondary N) is 2. The molecule has 91 heavy (non-hydrogen) atoms. The van der Waals surface area contributed by atoms with Crippen LogP contribution in [0.25, 0.3) is 22.3 Å². The van der Waals surface area contributed by atoms with Crippen molar-refractivity contribution in [1.82, 2.24) is 40.1 Å². The van der Waals surface area contributed by atoms with Crippen LogP contribution in [-0.2, 0) is 97.4 Å². The van der Waals surface area contributed by atoms with Crippen molar-refractivity contribution in [3.63, 3.8) is 0 Å². The minimum Gasteiger partial charge on any atom is -0.485 e. The molecule has 4 aromatic heterocycles. The summed E-state index contributed by atoms with van der Waals surface area (Å²) in [6.07, 6.45) is 5.14. The fourth-order valence-electron chi connectivity index (χ4n) is 10.8. The summed E-state index contributed by atoms with van der Waals surface area (Å²) in [7, 11) is -1.51. The van der Waals surface area contributed by atoms with E-state index in [1.165, 1.54) is 38.5 Å². The van der Waals surface area contributed by atoms with Gasteiger partial charge in [0.1, 0.15) is 47.2 Å². The number of thiazole rings is 2. The molecule has 2 aromatic carbocycles. The highest BCUT2D eigenvalue weighted by molar-refractivity contribution is 7.81. The van der Waals surface area contributed by atoms with Crippen molar-refractivity contribution in [3.8, 4) is 33.8 Å². The van der Waals surface area contributed by atoms with Crippen molar-refractivity contribution in [1.29, 1.82) is 0 Å². The molecule has 8 heterocycles. The van der Waals surface area contributed by atoms with E-state index < -0.39 is 105 Å². The fraction of sp³-hybridized carbons (Fsp3) is 0.429. The van der Waals surface area contributed by atoms with Gasteiger partial charge >= 0.3 is 22.3 Å². The van der Waals surface area contributed by atoms with E-state index in [2.05, 4.69) is 30.9 Å². The molecule has 10 rings (SSSR count). The molecule has 2 saturated heterocycles. The largest absolute Gasteiger partial charge is 0.485 e. The first-order valence-electron chi connectivity index (χ1n) is 28.6. The second-order valence-electron chi connectivity index (χ2n) is 22.9. The predicted octanol–water partition coefficient (Wildman–Crippen LogP) is 0.202. The zero-order valence-electron chi connectivity index (χ0n) is 50.1. The normalized spacial score (nSPS) is 20.0. The molecule has 0 radical (unpaired) electrons. The molecule has 484 valence electrons. The highest BCUT2D eigenvalue weighted by Gasteiger charge is 2.61. The molecule has 0 aliphatic carbocycles. The fourth-order valence-corrected chi connectivity index (χ4v) is 12.8. The molecule has 4 aliphatic heterocycles. The third-order valence-electron chi connectivity index (χ3n) is 15.8. The van der Waals surface area contributed by atoms with E-state index in [9.17, 15) is 47.4 Å². The molecule has 6 aromatic rings. The lowest BCUT2D eigenvalue weighted by Gasteiger charge is -2.52. The Labute approximate surface area is 528 Å². The van der Waals surface area contributed by atoms with E-state index >= 15 is 0 Å². The zero-order valence-corrected chi connectivity index (χ0v) is 52.5. The number of nitrogens with two attached hydrogens (primary N) is 4. The van der Waals surface area contributed by atoms with Crippen molar-refractivity contribution < 1.29 is 84.5 Å². The van der Waals surface area contributed by atoms with Crippen LogP contribution in [0.1, 0.15) is 75.9 Å². The van der Waals surface area contributed by atoms with Gasteiger partial charge in [-0.05, 0) is 126 Å². The number of hydroxylamine groups is 4. The van der Waals surface area contributed by atoms with Crippen LogP contribution in [0.2, 0.25) is 0 Å². The lowest BCUT2D eigenvalue weighted by Crippen LogP contribution is -2.78. The monoisotopic (exact) mass is 1320 g/mol. The predicted molar refractivity (Wildman–Crippen MR) is 323 cm³/mol. The third-order valence-corrected chi connectivity index (χ3v) is 17.8. The minimum atomic E-state index is -5.37. The minimum absolute atomic E-state index is 0.000289. The Bertz CT molecular complexity index is 3760. The Hall–Kier alpha value is -9.13. The molecule has 35 heteroatoms. The van der Waals surface area contributed by atoms with Crippen LogP contribution in [-0.4, -0.2) is 156 Å². The number of hydrogen-bond donors (Lipinski definition) is 8. The Balaban J connectivity index is 0.758. The van der Waals surface area contributed by atoms with E-state index in [1.54, 1.807) is 12.1 Å². The molecule has 4 aliphatic rings. The maximum Gasteiger partial charge on any atom is 0.442 e. The van der Waals surface area contributed by atoms with E-state index in [0.717, 1.165) is 82.0 Å². The summed E-state index contributed by atoms with van der Waals surface area (Å²) >= 11 is 1.84. The van der Waals surface area contributed by atoms with Gasteiger partial charge in [0.05, 0.1) is 47.7 Å². The number of carboxylic acid groups (broad SMARTS) is 2. The number of nitrogen functional groups attached to an aromatic ring is 2. The summed E-state index contributed by atoms with van der Waals surface area (Å²) in [6.45, 7) is 7.89. The number of oxime groups is 2. The molecular formula is C56H68N16O16S3+2. The number of amides is 4. The number of aromatic nitrogens is 6. The molecule has 6 atom stereocenters. The average Bonchev–Trinajstić information content (AvgIpc) is 0.946. The van der Waals surface area contributed by atoms with Crippen molar-refractivity contribution >= 4 is 90.3 Å². The standard InChI is InChI=1S/C56H66N16O16S3/c1-55(2)45(63-47(73)41(35-27-89-53(59)61-35)65-85-43(51(77)78)39-15-11-31-21-29(9-13-37(31)83-39)33-23-67(5)69(25-33)19-7-17-57)49(75)71(55)87-91(81,82)88-72-50(76)46(56(72,3)4)64-48(74)42(36-28-90-54(60)62-36)66-86-44(52(79)80)40-16-12-32-22-30(10-14-38(32)84-40)34-24-68(6)70(26-34)20-8-18-58/h9-10,13-14,21-28,39-40,43-46H,7-8,11-12,15-20,57-58H2,1-6H3,(H6-2,59,60,61,62,63,64,73,74,77,78,79,80)/p+2/b65-41-,66-42-/t39-,40-,43-,44-,45-,46-/m1/s1. The summed E-state index contributed by atoms with van der Waals surface area (Å²) in [5.41, 5.74) is 23.8. The van der Waals surface area contributed by atoms with Crippen LogP contribution in [0.3, 0.4) is 0 Å². The number of hydrogen-bond acceptors (Lipinski definition) is 24. The maximum absolute atomic E-state index is 14.1. The maximum atomic E-state index is 14.1. The number of aliphatic carboxylic acids is 2. The molecule has 12 N–H and O–H groups in total.